The number of aryl methyl sites for hydroxylation is 1. The Balaban J connectivity index is 0.00000280. The van der Waals surface area contributed by atoms with Crippen molar-refractivity contribution in [3.05, 3.63) is 70.8 Å². The highest BCUT2D eigenvalue weighted by atomic mass is 127. The first-order chi connectivity index (χ1) is 13.1. The molecule has 0 unspecified atom stereocenters. The van der Waals surface area contributed by atoms with Gasteiger partial charge in [0.1, 0.15) is 11.4 Å². The highest BCUT2D eigenvalue weighted by molar-refractivity contribution is 14.0. The third-order valence-electron chi connectivity index (χ3n) is 3.84. The van der Waals surface area contributed by atoms with Gasteiger partial charge in [-0.05, 0) is 37.6 Å². The molecule has 0 atom stereocenters. The van der Waals surface area contributed by atoms with Gasteiger partial charge >= 0.3 is 0 Å². The molecule has 2 aromatic heterocycles. The normalized spacial score (nSPS) is 11.0. The number of nitrogens with one attached hydrogen (secondary N) is 2. The summed E-state index contributed by atoms with van der Waals surface area (Å²) in [7, 11) is 0. The van der Waals surface area contributed by atoms with Crippen molar-refractivity contribution in [3.63, 3.8) is 0 Å². The Morgan fingerprint density at radius 3 is 2.61 bits per heavy atom. The largest absolute Gasteiger partial charge is 0.444 e. The summed E-state index contributed by atoms with van der Waals surface area (Å²) in [6, 6.07) is 11.8. The quantitative estimate of drug-likeness (QED) is 0.219. The third-order valence-corrected chi connectivity index (χ3v) is 4.06. The second-order valence-electron chi connectivity index (χ2n) is 6.05. The number of rotatable bonds is 6. The summed E-state index contributed by atoms with van der Waals surface area (Å²) in [6.45, 7) is 5.86. The zero-order chi connectivity index (χ0) is 19.1. The zero-order valence-electron chi connectivity index (χ0n) is 15.8. The van der Waals surface area contributed by atoms with E-state index in [1.54, 1.807) is 18.5 Å². The number of nitrogens with zero attached hydrogens (tertiary/aromatic N) is 3. The first-order valence-electron chi connectivity index (χ1n) is 8.78. The molecule has 2 heterocycles. The molecule has 0 bridgehead atoms. The zero-order valence-corrected chi connectivity index (χ0v) is 18.9. The van der Waals surface area contributed by atoms with Crippen molar-refractivity contribution in [2.75, 3.05) is 6.54 Å². The first-order valence-corrected chi connectivity index (χ1v) is 9.16. The van der Waals surface area contributed by atoms with Crippen LogP contribution in [0.2, 0.25) is 5.15 Å². The molecule has 6 nitrogen and oxygen atoms in total. The van der Waals surface area contributed by atoms with E-state index in [-0.39, 0.29) is 24.0 Å². The van der Waals surface area contributed by atoms with Gasteiger partial charge in [0, 0.05) is 18.3 Å². The maximum absolute atomic E-state index is 5.81. The summed E-state index contributed by atoms with van der Waals surface area (Å²) < 4.78 is 5.59. The fraction of sp³-hybridized carbons (Fsp3) is 0.250. The molecule has 28 heavy (non-hydrogen) atoms. The van der Waals surface area contributed by atoms with E-state index in [2.05, 4.69) is 32.5 Å². The molecule has 0 saturated carbocycles. The molecule has 0 fully saturated rings. The average molecular weight is 512 g/mol. The molecule has 3 aromatic rings. The van der Waals surface area contributed by atoms with Crippen LogP contribution in [0.4, 0.5) is 0 Å². The van der Waals surface area contributed by atoms with Crippen LogP contribution in [0.5, 0.6) is 0 Å². The van der Waals surface area contributed by atoms with Crippen molar-refractivity contribution >= 4 is 41.5 Å². The summed E-state index contributed by atoms with van der Waals surface area (Å²) in [5.74, 6) is 1.31. The van der Waals surface area contributed by atoms with Gasteiger partial charge in [0.25, 0.3) is 0 Å². The minimum atomic E-state index is 0. The lowest BCUT2D eigenvalue weighted by atomic mass is 10.1. The Morgan fingerprint density at radius 1 is 1.14 bits per heavy atom. The molecule has 3 rings (SSSR count). The topological polar surface area (TPSA) is 75.3 Å². The lowest BCUT2D eigenvalue weighted by Gasteiger charge is -2.09. The number of benzene rings is 1. The lowest BCUT2D eigenvalue weighted by Crippen LogP contribution is -2.36. The van der Waals surface area contributed by atoms with E-state index >= 15 is 0 Å². The van der Waals surface area contributed by atoms with Gasteiger partial charge in [-0.25, -0.2) is 15.0 Å². The van der Waals surface area contributed by atoms with Crippen LogP contribution in [0.3, 0.4) is 0 Å². The van der Waals surface area contributed by atoms with E-state index < -0.39 is 0 Å². The average Bonchev–Trinajstić information content (AvgIpc) is 3.15. The standard InChI is InChI=1S/C20H22ClN5O.HI/c1-3-22-20(24-11-15-6-9-18(21)23-10-15)25-12-17-13-27-19(26-17)16-7-4-14(2)5-8-16;/h4-10,13H,3,11-12H2,1-2H3,(H2,22,24,25);1H. The predicted octanol–water partition coefficient (Wildman–Crippen LogP) is 4.57. The van der Waals surface area contributed by atoms with Crippen molar-refractivity contribution in [1.29, 1.82) is 0 Å². The predicted molar refractivity (Wildman–Crippen MR) is 123 cm³/mol. The summed E-state index contributed by atoms with van der Waals surface area (Å²) in [4.78, 5) is 13.2. The number of aliphatic imine (C=N–C) groups is 1. The van der Waals surface area contributed by atoms with Crippen LogP contribution in [0, 0.1) is 6.92 Å². The van der Waals surface area contributed by atoms with Crippen molar-refractivity contribution < 1.29 is 4.42 Å². The Hall–Kier alpha value is -2.13. The molecule has 0 aliphatic carbocycles. The molecule has 2 N–H and O–H groups in total. The van der Waals surface area contributed by atoms with Gasteiger partial charge in [-0.3, -0.25) is 0 Å². The van der Waals surface area contributed by atoms with Gasteiger partial charge in [-0.1, -0.05) is 35.4 Å². The van der Waals surface area contributed by atoms with Gasteiger partial charge in [0.2, 0.25) is 5.89 Å². The van der Waals surface area contributed by atoms with Gasteiger partial charge < -0.3 is 15.1 Å². The number of hydrogen-bond acceptors (Lipinski definition) is 4. The number of guanidine groups is 1. The molecule has 148 valence electrons. The minimum Gasteiger partial charge on any atom is -0.444 e. The summed E-state index contributed by atoms with van der Waals surface area (Å²) in [5, 5.41) is 6.95. The van der Waals surface area contributed by atoms with Crippen LogP contribution in [0.25, 0.3) is 11.5 Å². The lowest BCUT2D eigenvalue weighted by molar-refractivity contribution is 0.572. The highest BCUT2D eigenvalue weighted by Crippen LogP contribution is 2.19. The molecular weight excluding hydrogens is 489 g/mol. The number of oxazole rings is 1. The number of aromatic nitrogens is 2. The molecule has 0 spiro atoms. The van der Waals surface area contributed by atoms with E-state index in [0.29, 0.717) is 30.1 Å². The van der Waals surface area contributed by atoms with Crippen molar-refractivity contribution in [1.82, 2.24) is 20.6 Å². The molecule has 8 heteroatoms. The van der Waals surface area contributed by atoms with Crippen molar-refractivity contribution in [3.8, 4) is 11.5 Å². The van der Waals surface area contributed by atoms with Crippen LogP contribution in [0.15, 0.2) is 58.3 Å². The van der Waals surface area contributed by atoms with Crippen molar-refractivity contribution in [2.24, 2.45) is 4.99 Å². The van der Waals surface area contributed by atoms with E-state index in [1.807, 2.05) is 37.3 Å². The third kappa shape index (κ3) is 6.49. The van der Waals surface area contributed by atoms with Crippen LogP contribution in [-0.2, 0) is 13.1 Å². The van der Waals surface area contributed by atoms with E-state index in [9.17, 15) is 0 Å². The Labute approximate surface area is 186 Å². The fourth-order valence-electron chi connectivity index (χ4n) is 2.40. The molecule has 0 aliphatic heterocycles. The molecule has 0 saturated heterocycles. The van der Waals surface area contributed by atoms with Crippen molar-refractivity contribution in [2.45, 2.75) is 26.9 Å². The molecule has 0 amide bonds. The maximum Gasteiger partial charge on any atom is 0.226 e. The molecule has 0 radical (unpaired) electrons. The first kappa shape index (κ1) is 22.2. The molecule has 0 aliphatic rings. The maximum atomic E-state index is 5.81. The van der Waals surface area contributed by atoms with E-state index in [1.165, 1.54) is 5.56 Å². The molecular formula is C20H23ClIN5O. The molecule has 1 aromatic carbocycles. The SMILES string of the molecule is CCNC(=NCc1ccc(Cl)nc1)NCc1coc(-c2ccc(C)cc2)n1.I. The Bertz CT molecular complexity index is 894. The van der Waals surface area contributed by atoms with Crippen LogP contribution < -0.4 is 10.6 Å². The Morgan fingerprint density at radius 2 is 1.93 bits per heavy atom. The second-order valence-corrected chi connectivity index (χ2v) is 6.44. The smallest absolute Gasteiger partial charge is 0.226 e. The summed E-state index contributed by atoms with van der Waals surface area (Å²) in [5.41, 5.74) is 3.96. The minimum absolute atomic E-state index is 0. The monoisotopic (exact) mass is 511 g/mol. The number of pyridine rings is 1. The number of hydrogen-bond donors (Lipinski definition) is 2. The summed E-state index contributed by atoms with van der Waals surface area (Å²) in [6.07, 6.45) is 3.38. The van der Waals surface area contributed by atoms with E-state index in [0.717, 1.165) is 23.4 Å². The highest BCUT2D eigenvalue weighted by Gasteiger charge is 2.07. The van der Waals surface area contributed by atoms with Gasteiger partial charge in [-0.2, -0.15) is 0 Å². The van der Waals surface area contributed by atoms with Crippen LogP contribution in [0.1, 0.15) is 23.7 Å². The van der Waals surface area contributed by atoms with Gasteiger partial charge in [0.15, 0.2) is 5.96 Å². The fourth-order valence-corrected chi connectivity index (χ4v) is 2.52. The van der Waals surface area contributed by atoms with E-state index in [4.69, 9.17) is 16.0 Å². The van der Waals surface area contributed by atoms with Gasteiger partial charge in [-0.15, -0.1) is 24.0 Å². The number of halogens is 2. The Kier molecular flexibility index (Phi) is 8.72. The van der Waals surface area contributed by atoms with Crippen LogP contribution in [-0.4, -0.2) is 22.5 Å². The second kappa shape index (κ2) is 11.0. The summed E-state index contributed by atoms with van der Waals surface area (Å²) >= 11 is 5.81. The van der Waals surface area contributed by atoms with Gasteiger partial charge in [0.05, 0.1) is 18.8 Å². The van der Waals surface area contributed by atoms with Crippen LogP contribution >= 0.6 is 35.6 Å².